The van der Waals surface area contributed by atoms with E-state index in [1.807, 2.05) is 0 Å². The summed E-state index contributed by atoms with van der Waals surface area (Å²) in [6, 6.07) is 0. The molecule has 0 atom stereocenters. The Kier molecular flexibility index (Phi) is 10.3. The molecule has 0 saturated heterocycles. The van der Waals surface area contributed by atoms with E-state index in [-0.39, 0.29) is 6.42 Å². The van der Waals surface area contributed by atoms with Crippen molar-refractivity contribution >= 4 is 11.9 Å². The van der Waals surface area contributed by atoms with Crippen LogP contribution in [-0.4, -0.2) is 30.1 Å². The monoisotopic (exact) mass is 302 g/mol. The van der Waals surface area contributed by atoms with E-state index < -0.39 is 22.7 Å². The Labute approximate surface area is 129 Å². The van der Waals surface area contributed by atoms with Crippen LogP contribution in [0, 0.1) is 16.7 Å². The summed E-state index contributed by atoms with van der Waals surface area (Å²) in [5.74, 6) is -0.544. The standard InChI is InChI=1S/C9H17NO3.C7H17N/c1-8(2,6(10)11)5-9(3,4)7(12)13;1-4-8-6-5-7(2)3/h5H2,1-4H3,(H2,10,11)(H,12,13);7-8H,4-6H2,1-3H3. The largest absolute Gasteiger partial charge is 0.481 e. The van der Waals surface area contributed by atoms with Crippen LogP contribution in [0.3, 0.4) is 0 Å². The zero-order chi connectivity index (χ0) is 17.3. The maximum Gasteiger partial charge on any atom is 0.309 e. The first kappa shape index (κ1) is 22.2. The van der Waals surface area contributed by atoms with Crippen LogP contribution in [0.2, 0.25) is 0 Å². The molecule has 0 aromatic heterocycles. The molecule has 0 aliphatic rings. The van der Waals surface area contributed by atoms with Gasteiger partial charge in [-0.2, -0.15) is 0 Å². The molecule has 0 radical (unpaired) electrons. The first-order valence-electron chi connectivity index (χ1n) is 7.60. The lowest BCUT2D eigenvalue weighted by Crippen LogP contribution is -2.38. The zero-order valence-corrected chi connectivity index (χ0v) is 14.7. The normalized spacial score (nSPS) is 11.8. The average molecular weight is 302 g/mol. The van der Waals surface area contributed by atoms with Gasteiger partial charge in [0.15, 0.2) is 0 Å². The SMILES string of the molecule is CC(C)(CC(C)(C)C(=O)O)C(N)=O.CCNCCC(C)C. The maximum absolute atomic E-state index is 11.0. The van der Waals surface area contributed by atoms with E-state index in [1.165, 1.54) is 13.0 Å². The minimum Gasteiger partial charge on any atom is -0.481 e. The van der Waals surface area contributed by atoms with Crippen molar-refractivity contribution in [2.45, 2.75) is 61.3 Å². The second-order valence-corrected chi connectivity index (χ2v) is 7.15. The molecule has 5 nitrogen and oxygen atoms in total. The lowest BCUT2D eigenvalue weighted by Gasteiger charge is -2.29. The van der Waals surface area contributed by atoms with Crippen molar-refractivity contribution in [1.82, 2.24) is 5.32 Å². The molecular weight excluding hydrogens is 268 g/mol. The number of nitrogens with two attached hydrogens (primary N) is 1. The number of primary amides is 1. The van der Waals surface area contributed by atoms with Gasteiger partial charge in [-0.3, -0.25) is 9.59 Å². The van der Waals surface area contributed by atoms with Gasteiger partial charge >= 0.3 is 5.97 Å². The molecule has 0 saturated carbocycles. The third-order valence-electron chi connectivity index (χ3n) is 3.28. The maximum atomic E-state index is 11.0. The highest BCUT2D eigenvalue weighted by atomic mass is 16.4. The van der Waals surface area contributed by atoms with Crippen LogP contribution in [0.4, 0.5) is 0 Å². The number of amides is 1. The van der Waals surface area contributed by atoms with E-state index in [0.29, 0.717) is 0 Å². The number of carbonyl (C=O) groups is 2. The van der Waals surface area contributed by atoms with Gasteiger partial charge in [-0.05, 0) is 45.7 Å². The van der Waals surface area contributed by atoms with Gasteiger partial charge in [-0.25, -0.2) is 0 Å². The number of carbonyl (C=O) groups excluding carboxylic acids is 1. The van der Waals surface area contributed by atoms with Crippen molar-refractivity contribution in [3.05, 3.63) is 0 Å². The predicted molar refractivity (Wildman–Crippen MR) is 87.0 cm³/mol. The van der Waals surface area contributed by atoms with Crippen LogP contribution in [-0.2, 0) is 9.59 Å². The Bertz CT molecular complexity index is 299. The Morgan fingerprint density at radius 3 is 1.90 bits per heavy atom. The van der Waals surface area contributed by atoms with Crippen molar-refractivity contribution in [3.8, 4) is 0 Å². The lowest BCUT2D eigenvalue weighted by molar-refractivity contribution is -0.149. The Morgan fingerprint density at radius 2 is 1.62 bits per heavy atom. The van der Waals surface area contributed by atoms with Gasteiger partial charge in [0.05, 0.1) is 5.41 Å². The number of carboxylic acid groups (broad SMARTS) is 1. The van der Waals surface area contributed by atoms with Crippen molar-refractivity contribution < 1.29 is 14.7 Å². The first-order chi connectivity index (χ1) is 9.36. The summed E-state index contributed by atoms with van der Waals surface area (Å²) in [4.78, 5) is 21.7. The van der Waals surface area contributed by atoms with E-state index >= 15 is 0 Å². The topological polar surface area (TPSA) is 92.4 Å². The van der Waals surface area contributed by atoms with Crippen molar-refractivity contribution in [2.75, 3.05) is 13.1 Å². The van der Waals surface area contributed by atoms with Crippen molar-refractivity contribution in [1.29, 1.82) is 0 Å². The summed E-state index contributed by atoms with van der Waals surface area (Å²) in [5, 5.41) is 12.1. The average Bonchev–Trinajstić information content (AvgIpc) is 2.27. The number of hydrogen-bond acceptors (Lipinski definition) is 3. The highest BCUT2D eigenvalue weighted by Gasteiger charge is 2.37. The molecule has 0 heterocycles. The molecule has 0 unspecified atom stereocenters. The number of hydrogen-bond donors (Lipinski definition) is 3. The molecule has 0 aliphatic carbocycles. The first-order valence-corrected chi connectivity index (χ1v) is 7.60. The van der Waals surface area contributed by atoms with E-state index in [0.717, 1.165) is 12.5 Å². The Hall–Kier alpha value is -1.10. The van der Waals surface area contributed by atoms with Gasteiger partial charge in [0.2, 0.25) is 5.91 Å². The fourth-order valence-corrected chi connectivity index (χ4v) is 1.84. The summed E-state index contributed by atoms with van der Waals surface area (Å²) in [7, 11) is 0. The summed E-state index contributed by atoms with van der Waals surface area (Å²) >= 11 is 0. The minimum atomic E-state index is -0.918. The van der Waals surface area contributed by atoms with Gasteiger partial charge < -0.3 is 16.2 Å². The molecule has 126 valence electrons. The lowest BCUT2D eigenvalue weighted by atomic mass is 9.75. The van der Waals surface area contributed by atoms with E-state index in [4.69, 9.17) is 10.8 Å². The van der Waals surface area contributed by atoms with Gasteiger partial charge in [0.25, 0.3) is 0 Å². The smallest absolute Gasteiger partial charge is 0.309 e. The van der Waals surface area contributed by atoms with Crippen LogP contribution in [0.25, 0.3) is 0 Å². The van der Waals surface area contributed by atoms with Crippen LogP contribution in [0.1, 0.15) is 61.3 Å². The molecule has 0 aliphatic heterocycles. The number of nitrogens with one attached hydrogen (secondary N) is 1. The summed E-state index contributed by atoms with van der Waals surface area (Å²) in [6.07, 6.45) is 1.54. The molecular formula is C16H34N2O3. The molecule has 4 N–H and O–H groups in total. The third-order valence-corrected chi connectivity index (χ3v) is 3.28. The number of carboxylic acids is 1. The summed E-state index contributed by atoms with van der Waals surface area (Å²) < 4.78 is 0. The van der Waals surface area contributed by atoms with Crippen LogP contribution in [0.15, 0.2) is 0 Å². The summed E-state index contributed by atoms with van der Waals surface area (Å²) in [6.45, 7) is 15.4. The molecule has 5 heteroatoms. The van der Waals surface area contributed by atoms with Gasteiger partial charge in [-0.1, -0.05) is 34.6 Å². The minimum absolute atomic E-state index is 0.241. The zero-order valence-electron chi connectivity index (χ0n) is 14.7. The van der Waals surface area contributed by atoms with E-state index in [1.54, 1.807) is 27.7 Å². The molecule has 0 aromatic carbocycles. The fraction of sp³-hybridized carbons (Fsp3) is 0.875. The van der Waals surface area contributed by atoms with Crippen molar-refractivity contribution in [3.63, 3.8) is 0 Å². The van der Waals surface area contributed by atoms with Gasteiger partial charge in [0.1, 0.15) is 0 Å². The Morgan fingerprint density at radius 1 is 1.14 bits per heavy atom. The van der Waals surface area contributed by atoms with Gasteiger partial charge in [-0.15, -0.1) is 0 Å². The summed E-state index contributed by atoms with van der Waals surface area (Å²) in [5.41, 5.74) is 3.45. The molecule has 0 bridgehead atoms. The third kappa shape index (κ3) is 11.3. The van der Waals surface area contributed by atoms with E-state index in [2.05, 4.69) is 26.1 Å². The predicted octanol–water partition coefficient (Wildman–Crippen LogP) is 2.64. The Balaban J connectivity index is 0. The highest BCUT2D eigenvalue weighted by Crippen LogP contribution is 2.33. The number of aliphatic carboxylic acids is 1. The molecule has 1 amide bonds. The molecule has 0 aromatic rings. The van der Waals surface area contributed by atoms with E-state index in [9.17, 15) is 9.59 Å². The quantitative estimate of drug-likeness (QED) is 0.601. The highest BCUT2D eigenvalue weighted by molar-refractivity contribution is 5.81. The van der Waals surface area contributed by atoms with Gasteiger partial charge in [0, 0.05) is 5.41 Å². The van der Waals surface area contributed by atoms with Crippen LogP contribution < -0.4 is 11.1 Å². The van der Waals surface area contributed by atoms with Crippen molar-refractivity contribution in [2.24, 2.45) is 22.5 Å². The van der Waals surface area contributed by atoms with Crippen LogP contribution in [0.5, 0.6) is 0 Å². The molecule has 21 heavy (non-hydrogen) atoms. The molecule has 0 spiro atoms. The molecule has 0 fully saturated rings. The fourth-order valence-electron chi connectivity index (χ4n) is 1.84. The molecule has 0 rings (SSSR count). The van der Waals surface area contributed by atoms with Crippen LogP contribution >= 0.6 is 0 Å². The second-order valence-electron chi connectivity index (χ2n) is 7.15. The second kappa shape index (κ2) is 9.77. The number of rotatable bonds is 8.